The van der Waals surface area contributed by atoms with Crippen LogP contribution in [0.25, 0.3) is 0 Å². The average molecular weight is 255 g/mol. The number of carbonyl (C=O) groups excluding carboxylic acids is 1. The molecule has 0 aliphatic carbocycles. The van der Waals surface area contributed by atoms with Crippen molar-refractivity contribution in [1.82, 2.24) is 15.0 Å². The molecule has 14 heavy (non-hydrogen) atoms. The summed E-state index contributed by atoms with van der Waals surface area (Å²) in [6.07, 6.45) is 2.05. The lowest BCUT2D eigenvalue weighted by molar-refractivity contribution is 0.111. The van der Waals surface area contributed by atoms with Crippen molar-refractivity contribution < 1.29 is 4.79 Å². The summed E-state index contributed by atoms with van der Waals surface area (Å²) in [4.78, 5) is 10.6. The molecule has 0 saturated heterocycles. The minimum absolute atomic E-state index is 0.0202. The molecule has 1 aromatic heterocycles. The second-order valence-electron chi connectivity index (χ2n) is 2.41. The van der Waals surface area contributed by atoms with E-state index in [-0.39, 0.29) is 11.4 Å². The predicted molar refractivity (Wildman–Crippen MR) is 54.8 cm³/mol. The minimum Gasteiger partial charge on any atom is -0.296 e. The van der Waals surface area contributed by atoms with E-state index in [4.69, 9.17) is 34.8 Å². The van der Waals surface area contributed by atoms with Crippen molar-refractivity contribution in [2.24, 2.45) is 0 Å². The van der Waals surface area contributed by atoms with Crippen LogP contribution in [0.3, 0.4) is 0 Å². The zero-order valence-electron chi connectivity index (χ0n) is 6.95. The summed E-state index contributed by atoms with van der Waals surface area (Å²) in [5.74, 6) is 0. The fourth-order valence-electron chi connectivity index (χ4n) is 0.948. The monoisotopic (exact) mass is 253 g/mol. The van der Waals surface area contributed by atoms with Crippen LogP contribution in [0.1, 0.15) is 16.2 Å². The Morgan fingerprint density at radius 1 is 1.50 bits per heavy atom. The number of aromatic nitrogens is 3. The van der Waals surface area contributed by atoms with Gasteiger partial charge in [-0.25, -0.2) is 4.68 Å². The van der Waals surface area contributed by atoms with Gasteiger partial charge in [0.1, 0.15) is 5.69 Å². The van der Waals surface area contributed by atoms with Crippen LogP contribution in [0.2, 0.25) is 0 Å². The molecule has 0 N–H and O–H groups in total. The zero-order chi connectivity index (χ0) is 10.8. The molecular formula is C7H6Cl3N3O. The van der Waals surface area contributed by atoms with Gasteiger partial charge in [-0.2, -0.15) is 0 Å². The Labute approximate surface area is 95.4 Å². The van der Waals surface area contributed by atoms with Crippen LogP contribution >= 0.6 is 34.8 Å². The molecule has 0 aliphatic heterocycles. The molecule has 0 unspecified atom stereocenters. The maximum absolute atomic E-state index is 10.6. The maximum atomic E-state index is 10.6. The van der Waals surface area contributed by atoms with Crippen molar-refractivity contribution in [2.75, 3.05) is 0 Å². The Morgan fingerprint density at radius 2 is 2.14 bits per heavy atom. The van der Waals surface area contributed by atoms with Crippen LogP contribution in [0.15, 0.2) is 12.7 Å². The molecule has 0 bridgehead atoms. The van der Waals surface area contributed by atoms with Crippen molar-refractivity contribution >= 4 is 41.1 Å². The van der Waals surface area contributed by atoms with Crippen LogP contribution in [-0.4, -0.2) is 21.3 Å². The lowest BCUT2D eigenvalue weighted by Gasteiger charge is -2.11. The van der Waals surface area contributed by atoms with Gasteiger partial charge in [-0.05, 0) is 0 Å². The summed E-state index contributed by atoms with van der Waals surface area (Å²) in [6, 6.07) is 0. The van der Waals surface area contributed by atoms with Crippen LogP contribution in [0, 0.1) is 0 Å². The molecule has 76 valence electrons. The number of hydrogen-bond donors (Lipinski definition) is 0. The van der Waals surface area contributed by atoms with Crippen molar-refractivity contribution in [1.29, 1.82) is 0 Å². The number of nitrogens with zero attached hydrogens (tertiary/aromatic N) is 3. The quantitative estimate of drug-likeness (QED) is 0.471. The molecule has 0 radical (unpaired) electrons. The fraction of sp³-hybridized carbons (Fsp3) is 0.286. The number of halogens is 3. The number of carbonyl (C=O) groups is 1. The van der Waals surface area contributed by atoms with E-state index in [1.165, 1.54) is 4.68 Å². The normalized spacial score (nSPS) is 11.4. The number of aldehydes is 1. The minimum atomic E-state index is -1.72. The Hall–Kier alpha value is -0.580. The van der Waals surface area contributed by atoms with E-state index in [0.29, 0.717) is 12.8 Å². The molecule has 0 fully saturated rings. The standard InChI is InChI=1S/C7H6Cl3N3O/c1-2-3-13-6(7(8,9)10)5(4-14)11-12-13/h2,4H,1,3H2. The van der Waals surface area contributed by atoms with E-state index in [2.05, 4.69) is 16.9 Å². The van der Waals surface area contributed by atoms with Crippen LogP contribution < -0.4 is 0 Å². The van der Waals surface area contributed by atoms with Crippen LogP contribution in [0.4, 0.5) is 0 Å². The first kappa shape index (κ1) is 11.5. The lowest BCUT2D eigenvalue weighted by Crippen LogP contribution is -2.13. The van der Waals surface area contributed by atoms with E-state index in [1.54, 1.807) is 6.08 Å². The Bertz CT molecular complexity index is 356. The van der Waals surface area contributed by atoms with Crippen molar-refractivity contribution in [3.8, 4) is 0 Å². The molecule has 1 aromatic rings. The summed E-state index contributed by atoms with van der Waals surface area (Å²) in [5.41, 5.74) is 0.171. The van der Waals surface area contributed by atoms with Crippen molar-refractivity contribution in [3.63, 3.8) is 0 Å². The van der Waals surface area contributed by atoms with E-state index in [0.717, 1.165) is 0 Å². The van der Waals surface area contributed by atoms with Crippen LogP contribution in [0.5, 0.6) is 0 Å². The van der Waals surface area contributed by atoms with Crippen LogP contribution in [-0.2, 0) is 10.3 Å². The van der Waals surface area contributed by atoms with Crippen molar-refractivity contribution in [2.45, 2.75) is 10.3 Å². The molecule has 0 atom stereocenters. The van der Waals surface area contributed by atoms with Gasteiger partial charge in [0.2, 0.25) is 3.79 Å². The Kier molecular flexibility index (Phi) is 3.53. The molecule has 0 amide bonds. The number of alkyl halides is 3. The highest BCUT2D eigenvalue weighted by Crippen LogP contribution is 2.38. The summed E-state index contributed by atoms with van der Waals surface area (Å²) in [7, 11) is 0. The summed E-state index contributed by atoms with van der Waals surface area (Å²) >= 11 is 17.0. The summed E-state index contributed by atoms with van der Waals surface area (Å²) in [6.45, 7) is 3.83. The largest absolute Gasteiger partial charge is 0.296 e. The number of hydrogen-bond acceptors (Lipinski definition) is 3. The molecule has 0 aliphatic rings. The molecular weight excluding hydrogens is 248 g/mol. The Morgan fingerprint density at radius 3 is 2.57 bits per heavy atom. The number of rotatable bonds is 3. The summed E-state index contributed by atoms with van der Waals surface area (Å²) in [5, 5.41) is 7.22. The maximum Gasteiger partial charge on any atom is 0.234 e. The first-order valence-corrected chi connectivity index (χ1v) is 4.71. The van der Waals surface area contributed by atoms with Gasteiger partial charge in [0, 0.05) is 0 Å². The van der Waals surface area contributed by atoms with Gasteiger partial charge in [0.25, 0.3) is 0 Å². The highest BCUT2D eigenvalue weighted by molar-refractivity contribution is 6.66. The van der Waals surface area contributed by atoms with Gasteiger partial charge in [0.15, 0.2) is 12.0 Å². The second kappa shape index (κ2) is 4.29. The highest BCUT2D eigenvalue weighted by atomic mass is 35.6. The van der Waals surface area contributed by atoms with Gasteiger partial charge in [-0.3, -0.25) is 4.79 Å². The Balaban J connectivity index is 3.25. The molecule has 1 rings (SSSR count). The van der Waals surface area contributed by atoms with E-state index < -0.39 is 3.79 Å². The lowest BCUT2D eigenvalue weighted by atomic mass is 10.3. The smallest absolute Gasteiger partial charge is 0.234 e. The van der Waals surface area contributed by atoms with Gasteiger partial charge < -0.3 is 0 Å². The first-order chi connectivity index (χ1) is 6.50. The fourth-order valence-corrected chi connectivity index (χ4v) is 1.53. The molecule has 1 heterocycles. The summed E-state index contributed by atoms with van der Waals surface area (Å²) < 4.78 is -0.410. The zero-order valence-corrected chi connectivity index (χ0v) is 9.22. The molecule has 0 saturated carbocycles. The van der Waals surface area contributed by atoms with E-state index >= 15 is 0 Å². The SMILES string of the molecule is C=CCn1nnc(C=O)c1C(Cl)(Cl)Cl. The second-order valence-corrected chi connectivity index (χ2v) is 4.69. The van der Waals surface area contributed by atoms with Gasteiger partial charge in [-0.1, -0.05) is 46.1 Å². The molecule has 7 heteroatoms. The third kappa shape index (κ3) is 2.26. The third-order valence-corrected chi connectivity index (χ3v) is 1.98. The molecule has 0 spiro atoms. The van der Waals surface area contributed by atoms with E-state index in [1.807, 2.05) is 0 Å². The first-order valence-electron chi connectivity index (χ1n) is 3.57. The topological polar surface area (TPSA) is 47.8 Å². The number of allylic oxidation sites excluding steroid dienone is 1. The van der Waals surface area contributed by atoms with Crippen molar-refractivity contribution in [3.05, 3.63) is 24.0 Å². The van der Waals surface area contributed by atoms with E-state index in [9.17, 15) is 4.79 Å². The van der Waals surface area contributed by atoms with Gasteiger partial charge in [0.05, 0.1) is 6.54 Å². The molecule has 0 aromatic carbocycles. The third-order valence-electron chi connectivity index (χ3n) is 1.44. The average Bonchev–Trinajstić information content (AvgIpc) is 2.47. The van der Waals surface area contributed by atoms with Gasteiger partial charge in [-0.15, -0.1) is 11.7 Å². The molecule has 4 nitrogen and oxygen atoms in total. The van der Waals surface area contributed by atoms with Gasteiger partial charge >= 0.3 is 0 Å². The highest BCUT2D eigenvalue weighted by Gasteiger charge is 2.32. The predicted octanol–water partition coefficient (Wildman–Crippen LogP) is 2.10.